The van der Waals surface area contributed by atoms with Crippen LogP contribution in [-0.4, -0.2) is 45.1 Å². The zero-order valence-corrected chi connectivity index (χ0v) is 11.1. The Morgan fingerprint density at radius 1 is 1.50 bits per heavy atom. The van der Waals surface area contributed by atoms with E-state index in [0.717, 1.165) is 21.8 Å². The first-order valence-electron chi connectivity index (χ1n) is 5.53. The molecule has 1 N–H and O–H groups in total. The van der Waals surface area contributed by atoms with Crippen molar-refractivity contribution in [3.05, 3.63) is 17.8 Å². The molecule has 5 nitrogen and oxygen atoms in total. The molecule has 0 aliphatic carbocycles. The lowest BCUT2D eigenvalue weighted by atomic mass is 10.2. The summed E-state index contributed by atoms with van der Waals surface area (Å²) in [5.74, 6) is 1.49. The maximum atomic E-state index is 11.3. The van der Waals surface area contributed by atoms with Crippen LogP contribution in [0.5, 0.6) is 0 Å². The first-order chi connectivity index (χ1) is 8.77. The highest BCUT2D eigenvalue weighted by Gasteiger charge is 2.30. The zero-order chi connectivity index (χ0) is 12.5. The molecule has 1 aliphatic heterocycles. The molecule has 0 bridgehead atoms. The Balaban J connectivity index is 2.06. The average Bonchev–Trinajstić information content (AvgIpc) is 2.86. The van der Waals surface area contributed by atoms with Gasteiger partial charge in [0.25, 0.3) is 0 Å². The van der Waals surface area contributed by atoms with Gasteiger partial charge in [0.1, 0.15) is 23.0 Å². The summed E-state index contributed by atoms with van der Waals surface area (Å²) < 4.78 is 0. The first kappa shape index (κ1) is 11.7. The summed E-state index contributed by atoms with van der Waals surface area (Å²) in [6.07, 6.45) is 1.51. The fourth-order valence-corrected chi connectivity index (χ4v) is 3.83. The minimum atomic E-state index is -0.788. The normalized spacial score (nSPS) is 20.2. The van der Waals surface area contributed by atoms with Crippen molar-refractivity contribution in [3.8, 4) is 0 Å². The third-order valence-electron chi connectivity index (χ3n) is 2.93. The molecule has 0 saturated carbocycles. The van der Waals surface area contributed by atoms with Crippen molar-refractivity contribution in [3.63, 3.8) is 0 Å². The quantitative estimate of drug-likeness (QED) is 0.903. The summed E-state index contributed by atoms with van der Waals surface area (Å²) in [7, 11) is 0. The molecule has 1 aliphatic rings. The molecule has 3 heterocycles. The van der Waals surface area contributed by atoms with Gasteiger partial charge in [-0.1, -0.05) is 0 Å². The van der Waals surface area contributed by atoms with E-state index in [4.69, 9.17) is 0 Å². The Morgan fingerprint density at radius 3 is 3.22 bits per heavy atom. The topological polar surface area (TPSA) is 66.3 Å². The van der Waals surface area contributed by atoms with Gasteiger partial charge in [-0.3, -0.25) is 0 Å². The molecule has 0 amide bonds. The van der Waals surface area contributed by atoms with Crippen molar-refractivity contribution < 1.29 is 9.90 Å². The SMILES string of the molecule is O=C(O)C1CSCCN1c1ncnc2sccc12. The molecule has 7 heteroatoms. The smallest absolute Gasteiger partial charge is 0.327 e. The van der Waals surface area contributed by atoms with Crippen LogP contribution in [0, 0.1) is 0 Å². The van der Waals surface area contributed by atoms with E-state index in [0.29, 0.717) is 12.3 Å². The summed E-state index contributed by atoms with van der Waals surface area (Å²) in [5, 5.41) is 12.2. The van der Waals surface area contributed by atoms with E-state index in [2.05, 4.69) is 9.97 Å². The van der Waals surface area contributed by atoms with Crippen LogP contribution in [0.3, 0.4) is 0 Å². The van der Waals surface area contributed by atoms with Crippen molar-refractivity contribution in [1.82, 2.24) is 9.97 Å². The number of aliphatic carboxylic acids is 1. The lowest BCUT2D eigenvalue weighted by Gasteiger charge is -2.33. The molecule has 18 heavy (non-hydrogen) atoms. The molecular weight excluding hydrogens is 270 g/mol. The van der Waals surface area contributed by atoms with Gasteiger partial charge in [-0.25, -0.2) is 14.8 Å². The second-order valence-electron chi connectivity index (χ2n) is 3.96. The maximum Gasteiger partial charge on any atom is 0.327 e. The van der Waals surface area contributed by atoms with Crippen molar-refractivity contribution in [1.29, 1.82) is 0 Å². The fraction of sp³-hybridized carbons (Fsp3) is 0.364. The Labute approximate surface area is 112 Å². The molecule has 0 spiro atoms. The number of rotatable bonds is 2. The lowest BCUT2D eigenvalue weighted by Crippen LogP contribution is -2.47. The van der Waals surface area contributed by atoms with Gasteiger partial charge in [0, 0.05) is 18.1 Å². The second kappa shape index (κ2) is 4.74. The molecular formula is C11H11N3O2S2. The molecule has 2 aromatic heterocycles. The number of hydrogen-bond donors (Lipinski definition) is 1. The summed E-state index contributed by atoms with van der Waals surface area (Å²) in [5.41, 5.74) is 0. The van der Waals surface area contributed by atoms with Gasteiger partial charge in [0.05, 0.1) is 5.39 Å². The number of carboxylic acid groups (broad SMARTS) is 1. The van der Waals surface area contributed by atoms with E-state index < -0.39 is 12.0 Å². The first-order valence-corrected chi connectivity index (χ1v) is 7.56. The molecule has 1 unspecified atom stereocenters. The van der Waals surface area contributed by atoms with Gasteiger partial charge in [0.15, 0.2) is 0 Å². The van der Waals surface area contributed by atoms with Crippen LogP contribution in [-0.2, 0) is 4.79 Å². The van der Waals surface area contributed by atoms with Crippen molar-refractivity contribution in [2.75, 3.05) is 23.0 Å². The molecule has 1 fully saturated rings. The number of carbonyl (C=O) groups is 1. The van der Waals surface area contributed by atoms with E-state index in [1.54, 1.807) is 23.1 Å². The number of anilines is 1. The molecule has 1 saturated heterocycles. The van der Waals surface area contributed by atoms with Crippen LogP contribution in [0.2, 0.25) is 0 Å². The standard InChI is InChI=1S/C11H11N3O2S2/c15-11(16)8-5-17-4-2-14(8)9-7-1-3-18-10(7)13-6-12-9/h1,3,6,8H,2,4-5H2,(H,15,16). The van der Waals surface area contributed by atoms with Crippen molar-refractivity contribution >= 4 is 45.1 Å². The van der Waals surface area contributed by atoms with Crippen LogP contribution in [0.15, 0.2) is 17.8 Å². The molecule has 0 aromatic carbocycles. The van der Waals surface area contributed by atoms with Gasteiger partial charge in [0.2, 0.25) is 0 Å². The Bertz CT molecular complexity index is 586. The van der Waals surface area contributed by atoms with Gasteiger partial charge < -0.3 is 10.0 Å². The number of carboxylic acids is 1. The number of nitrogens with zero attached hydrogens (tertiary/aromatic N) is 3. The van der Waals surface area contributed by atoms with Crippen LogP contribution in [0.1, 0.15) is 0 Å². The summed E-state index contributed by atoms with van der Waals surface area (Å²) in [6, 6.07) is 1.46. The molecule has 0 radical (unpaired) electrons. The monoisotopic (exact) mass is 281 g/mol. The molecule has 3 rings (SSSR count). The minimum Gasteiger partial charge on any atom is -0.480 e. The van der Waals surface area contributed by atoms with Crippen LogP contribution < -0.4 is 4.90 Å². The second-order valence-corrected chi connectivity index (χ2v) is 6.00. The average molecular weight is 281 g/mol. The highest BCUT2D eigenvalue weighted by atomic mass is 32.2. The third kappa shape index (κ3) is 1.93. The van der Waals surface area contributed by atoms with Crippen LogP contribution >= 0.6 is 23.1 Å². The van der Waals surface area contributed by atoms with E-state index in [1.807, 2.05) is 16.3 Å². The van der Waals surface area contributed by atoms with Gasteiger partial charge in [-0.05, 0) is 11.4 Å². The van der Waals surface area contributed by atoms with Crippen LogP contribution in [0.25, 0.3) is 10.2 Å². The third-order valence-corrected chi connectivity index (χ3v) is 4.77. The lowest BCUT2D eigenvalue weighted by molar-refractivity contribution is -0.138. The minimum absolute atomic E-state index is 0.498. The Kier molecular flexibility index (Phi) is 3.09. The molecule has 1 atom stereocenters. The summed E-state index contributed by atoms with van der Waals surface area (Å²) in [4.78, 5) is 22.6. The maximum absolute atomic E-state index is 11.3. The van der Waals surface area contributed by atoms with E-state index in [-0.39, 0.29) is 0 Å². The summed E-state index contributed by atoms with van der Waals surface area (Å²) >= 11 is 3.22. The van der Waals surface area contributed by atoms with E-state index in [1.165, 1.54) is 6.33 Å². The van der Waals surface area contributed by atoms with E-state index in [9.17, 15) is 9.90 Å². The molecule has 2 aromatic rings. The van der Waals surface area contributed by atoms with Gasteiger partial charge >= 0.3 is 5.97 Å². The number of fused-ring (bicyclic) bond motifs is 1. The molecule has 94 valence electrons. The van der Waals surface area contributed by atoms with Gasteiger partial charge in [-0.2, -0.15) is 11.8 Å². The predicted molar refractivity (Wildman–Crippen MR) is 73.5 cm³/mol. The number of aromatic nitrogens is 2. The summed E-state index contributed by atoms with van der Waals surface area (Å²) in [6.45, 7) is 0.712. The van der Waals surface area contributed by atoms with Crippen molar-refractivity contribution in [2.45, 2.75) is 6.04 Å². The highest BCUT2D eigenvalue weighted by molar-refractivity contribution is 7.99. The van der Waals surface area contributed by atoms with E-state index >= 15 is 0 Å². The number of thioether (sulfide) groups is 1. The number of hydrogen-bond acceptors (Lipinski definition) is 6. The van der Waals surface area contributed by atoms with Gasteiger partial charge in [-0.15, -0.1) is 11.3 Å². The van der Waals surface area contributed by atoms with Crippen LogP contribution in [0.4, 0.5) is 5.82 Å². The Morgan fingerprint density at radius 2 is 2.39 bits per heavy atom. The van der Waals surface area contributed by atoms with Crippen molar-refractivity contribution in [2.24, 2.45) is 0 Å². The Hall–Kier alpha value is -1.34. The fourth-order valence-electron chi connectivity index (χ4n) is 2.07. The highest BCUT2D eigenvalue weighted by Crippen LogP contribution is 2.30. The number of thiophene rings is 1. The zero-order valence-electron chi connectivity index (χ0n) is 9.44. The predicted octanol–water partition coefficient (Wildman–Crippen LogP) is 1.70. The largest absolute Gasteiger partial charge is 0.480 e.